The van der Waals surface area contributed by atoms with Crippen molar-refractivity contribution in [3.8, 4) is 12.3 Å². The summed E-state index contributed by atoms with van der Waals surface area (Å²) in [5, 5.41) is 15.2. The Morgan fingerprint density at radius 2 is 2.39 bits per heavy atom. The van der Waals surface area contributed by atoms with Gasteiger partial charge in [0, 0.05) is 25.2 Å². The van der Waals surface area contributed by atoms with Crippen LogP contribution in [0, 0.1) is 12.3 Å². The fourth-order valence-electron chi connectivity index (χ4n) is 1.35. The molecular formula is C11H14N4O3. The Bertz CT molecular complexity index is 489. The first kappa shape index (κ1) is 13.7. The zero-order chi connectivity index (χ0) is 13.7. The molecule has 0 saturated heterocycles. The Kier molecular flexibility index (Phi) is 4.45. The summed E-state index contributed by atoms with van der Waals surface area (Å²) in [5.41, 5.74) is 5.86. The zero-order valence-corrected chi connectivity index (χ0v) is 9.83. The molecule has 2 atom stereocenters. The average Bonchev–Trinajstić information content (AvgIpc) is 2.72. The van der Waals surface area contributed by atoms with Crippen LogP contribution in [0.5, 0.6) is 0 Å². The minimum absolute atomic E-state index is 0.0468. The van der Waals surface area contributed by atoms with Gasteiger partial charge in [0.05, 0.1) is 12.2 Å². The van der Waals surface area contributed by atoms with E-state index in [1.807, 2.05) is 0 Å². The molecule has 0 radical (unpaired) electrons. The van der Waals surface area contributed by atoms with Crippen molar-refractivity contribution in [2.45, 2.75) is 18.5 Å². The second-order valence-electron chi connectivity index (χ2n) is 3.74. The lowest BCUT2D eigenvalue weighted by Crippen LogP contribution is -2.44. The molecule has 1 rings (SSSR count). The molecule has 0 fully saturated rings. The molecule has 0 aromatic carbocycles. The molecule has 2 unspecified atom stereocenters. The van der Waals surface area contributed by atoms with Crippen molar-refractivity contribution in [1.82, 2.24) is 15.1 Å². The van der Waals surface area contributed by atoms with Crippen LogP contribution in [0.25, 0.3) is 0 Å². The summed E-state index contributed by atoms with van der Waals surface area (Å²) < 4.78 is 1.44. The highest BCUT2D eigenvalue weighted by atomic mass is 16.4. The number of aliphatic carboxylic acids is 1. The number of nitrogens with two attached hydrogens (primary N) is 1. The van der Waals surface area contributed by atoms with Crippen molar-refractivity contribution >= 4 is 11.9 Å². The van der Waals surface area contributed by atoms with Gasteiger partial charge < -0.3 is 16.2 Å². The van der Waals surface area contributed by atoms with Crippen molar-refractivity contribution in [2.75, 3.05) is 0 Å². The van der Waals surface area contributed by atoms with E-state index in [1.165, 1.54) is 17.1 Å². The molecular weight excluding hydrogens is 236 g/mol. The second-order valence-corrected chi connectivity index (χ2v) is 3.74. The number of carboxylic acid groups (broad SMARTS) is 1. The molecule has 1 aromatic heterocycles. The van der Waals surface area contributed by atoms with E-state index in [4.69, 9.17) is 17.3 Å². The molecule has 0 bridgehead atoms. The lowest BCUT2D eigenvalue weighted by molar-refractivity contribution is -0.142. The van der Waals surface area contributed by atoms with Gasteiger partial charge in [0.15, 0.2) is 6.04 Å². The van der Waals surface area contributed by atoms with Gasteiger partial charge in [0.2, 0.25) is 5.91 Å². The van der Waals surface area contributed by atoms with Gasteiger partial charge >= 0.3 is 5.97 Å². The van der Waals surface area contributed by atoms with Crippen LogP contribution in [0.3, 0.4) is 0 Å². The third-order valence-corrected chi connectivity index (χ3v) is 2.27. The number of aromatic nitrogens is 2. The predicted octanol–water partition coefficient (Wildman–Crippen LogP) is -0.987. The number of hydrogen-bond donors (Lipinski definition) is 3. The smallest absolute Gasteiger partial charge is 0.331 e. The predicted molar refractivity (Wildman–Crippen MR) is 63.2 cm³/mol. The maximum atomic E-state index is 11.6. The van der Waals surface area contributed by atoms with Crippen molar-refractivity contribution in [2.24, 2.45) is 12.8 Å². The molecule has 0 spiro atoms. The van der Waals surface area contributed by atoms with Crippen molar-refractivity contribution < 1.29 is 14.7 Å². The Balaban J connectivity index is 2.80. The maximum Gasteiger partial charge on any atom is 0.331 e. The fraction of sp³-hybridized carbons (Fsp3) is 0.364. The first-order chi connectivity index (χ1) is 8.45. The number of hydrogen-bond acceptors (Lipinski definition) is 4. The van der Waals surface area contributed by atoms with Crippen LogP contribution in [0.2, 0.25) is 0 Å². The Labute approximate surface area is 104 Å². The molecule has 4 N–H and O–H groups in total. The molecule has 7 nitrogen and oxygen atoms in total. The number of carbonyl (C=O) groups excluding carboxylic acids is 1. The second kappa shape index (κ2) is 5.84. The third kappa shape index (κ3) is 3.33. The van der Waals surface area contributed by atoms with Crippen LogP contribution in [-0.2, 0) is 16.6 Å². The highest BCUT2D eigenvalue weighted by molar-refractivity contribution is 5.87. The Morgan fingerprint density at radius 1 is 1.72 bits per heavy atom. The third-order valence-electron chi connectivity index (χ3n) is 2.27. The number of terminal acetylenes is 1. The van der Waals surface area contributed by atoms with E-state index in [2.05, 4.69) is 16.3 Å². The van der Waals surface area contributed by atoms with Crippen molar-refractivity contribution in [1.29, 1.82) is 0 Å². The van der Waals surface area contributed by atoms with Gasteiger partial charge in [0.25, 0.3) is 0 Å². The molecule has 0 saturated carbocycles. The normalized spacial score (nSPS) is 13.4. The van der Waals surface area contributed by atoms with Gasteiger partial charge in [-0.1, -0.05) is 0 Å². The fourth-order valence-corrected chi connectivity index (χ4v) is 1.35. The van der Waals surface area contributed by atoms with E-state index >= 15 is 0 Å². The lowest BCUT2D eigenvalue weighted by atomic mass is 10.1. The number of rotatable bonds is 5. The van der Waals surface area contributed by atoms with E-state index in [9.17, 15) is 9.59 Å². The van der Waals surface area contributed by atoms with Crippen molar-refractivity contribution in [3.05, 3.63) is 18.0 Å². The zero-order valence-electron chi connectivity index (χ0n) is 9.83. The maximum absolute atomic E-state index is 11.6. The minimum Gasteiger partial charge on any atom is -0.479 e. The van der Waals surface area contributed by atoms with E-state index in [1.54, 1.807) is 7.05 Å². The van der Waals surface area contributed by atoms with E-state index in [-0.39, 0.29) is 6.42 Å². The number of aryl methyl sites for hydroxylation is 1. The van der Waals surface area contributed by atoms with Crippen molar-refractivity contribution in [3.63, 3.8) is 0 Å². The summed E-state index contributed by atoms with van der Waals surface area (Å²) in [5.74, 6) is 0.447. The monoisotopic (exact) mass is 250 g/mol. The highest BCUT2D eigenvalue weighted by Crippen LogP contribution is 2.12. The van der Waals surface area contributed by atoms with Crippen LogP contribution in [0.1, 0.15) is 18.0 Å². The molecule has 96 valence electrons. The molecule has 0 aliphatic heterocycles. The number of nitrogens with one attached hydrogen (secondary N) is 1. The molecule has 1 aromatic rings. The van der Waals surface area contributed by atoms with Gasteiger partial charge in [-0.05, 0) is 0 Å². The van der Waals surface area contributed by atoms with E-state index in [0.29, 0.717) is 5.56 Å². The molecule has 1 amide bonds. The molecule has 18 heavy (non-hydrogen) atoms. The first-order valence-electron chi connectivity index (χ1n) is 5.16. The standard InChI is InChI=1S/C11H14N4O3/c1-3-4-8(12)10(16)14-9(11(17)18)7-5-13-15(2)6-7/h1,5-6,8-9H,4,12H2,2H3,(H,14,16)(H,17,18). The highest BCUT2D eigenvalue weighted by Gasteiger charge is 2.25. The summed E-state index contributed by atoms with van der Waals surface area (Å²) in [4.78, 5) is 22.7. The number of carbonyl (C=O) groups is 2. The number of carboxylic acids is 1. The SMILES string of the molecule is C#CCC(N)C(=O)NC(C(=O)O)c1cnn(C)c1. The number of nitrogens with zero attached hydrogens (tertiary/aromatic N) is 2. The van der Waals surface area contributed by atoms with Crippen LogP contribution >= 0.6 is 0 Å². The summed E-state index contributed by atoms with van der Waals surface area (Å²) in [6.07, 6.45) is 7.95. The summed E-state index contributed by atoms with van der Waals surface area (Å²) in [6.45, 7) is 0. The van der Waals surface area contributed by atoms with Crippen LogP contribution < -0.4 is 11.1 Å². The summed E-state index contributed by atoms with van der Waals surface area (Å²) in [7, 11) is 1.65. The van der Waals surface area contributed by atoms with E-state index < -0.39 is 24.0 Å². The Hall–Kier alpha value is -2.33. The van der Waals surface area contributed by atoms with Gasteiger partial charge in [-0.2, -0.15) is 5.10 Å². The quantitative estimate of drug-likeness (QED) is 0.581. The van der Waals surface area contributed by atoms with Crippen LogP contribution in [0.15, 0.2) is 12.4 Å². The average molecular weight is 250 g/mol. The molecule has 1 heterocycles. The lowest BCUT2D eigenvalue weighted by Gasteiger charge is -2.15. The van der Waals surface area contributed by atoms with Gasteiger partial charge in [0.1, 0.15) is 0 Å². The first-order valence-corrected chi connectivity index (χ1v) is 5.16. The summed E-state index contributed by atoms with van der Waals surface area (Å²) in [6, 6.07) is -2.11. The van der Waals surface area contributed by atoms with Gasteiger partial charge in [-0.3, -0.25) is 9.48 Å². The van der Waals surface area contributed by atoms with Crippen LogP contribution in [0.4, 0.5) is 0 Å². The Morgan fingerprint density at radius 3 is 2.83 bits per heavy atom. The van der Waals surface area contributed by atoms with E-state index in [0.717, 1.165) is 0 Å². The molecule has 7 heteroatoms. The largest absolute Gasteiger partial charge is 0.479 e. The number of amides is 1. The topological polar surface area (TPSA) is 110 Å². The molecule has 0 aliphatic rings. The summed E-state index contributed by atoms with van der Waals surface area (Å²) >= 11 is 0. The molecule has 0 aliphatic carbocycles. The van der Waals surface area contributed by atoms with Gasteiger partial charge in [-0.15, -0.1) is 12.3 Å². The minimum atomic E-state index is -1.19. The van der Waals surface area contributed by atoms with Gasteiger partial charge in [-0.25, -0.2) is 4.79 Å². The van der Waals surface area contributed by atoms with Crippen LogP contribution in [-0.4, -0.2) is 32.8 Å².